The second-order valence-electron chi connectivity index (χ2n) is 7.60. The topological polar surface area (TPSA) is 70.7 Å². The molecule has 192 valence electrons. The van der Waals surface area contributed by atoms with Gasteiger partial charge >= 0.3 is 0 Å². The van der Waals surface area contributed by atoms with Crippen LogP contribution < -0.4 is 33.7 Å². The van der Waals surface area contributed by atoms with Gasteiger partial charge in [-0.05, 0) is 41.8 Å². The smallest absolute Gasteiger partial charge is 0.203 e. The van der Waals surface area contributed by atoms with Gasteiger partial charge in [0.15, 0.2) is 23.0 Å². The molecule has 2 aromatic carbocycles. The van der Waals surface area contributed by atoms with Crippen LogP contribution in [0.15, 0.2) is 24.3 Å². The van der Waals surface area contributed by atoms with Crippen molar-refractivity contribution in [2.24, 2.45) is 0 Å². The number of piperazine rings is 1. The first-order valence-electron chi connectivity index (χ1n) is 10.6. The number of nitrogens with zero attached hydrogens (tertiary/aromatic N) is 1. The SMILES string of the molecule is COc1cc(CC2CNCCN2Cc2cc(OC)c(OC)c(OC)c2)cc(OC)c1OC.Cl.Cl. The lowest BCUT2D eigenvalue weighted by Crippen LogP contribution is -2.51. The van der Waals surface area contributed by atoms with Crippen LogP contribution in [0.3, 0.4) is 0 Å². The normalized spacial score (nSPS) is 15.4. The highest BCUT2D eigenvalue weighted by molar-refractivity contribution is 5.85. The number of hydrogen-bond donors (Lipinski definition) is 1. The Balaban J connectivity index is 0.00000289. The maximum absolute atomic E-state index is 5.53. The Kier molecular flexibility index (Phi) is 12.4. The number of halogens is 2. The first-order valence-corrected chi connectivity index (χ1v) is 10.6. The average molecular weight is 519 g/mol. The van der Waals surface area contributed by atoms with Crippen LogP contribution in [-0.2, 0) is 13.0 Å². The van der Waals surface area contributed by atoms with Gasteiger partial charge in [0.25, 0.3) is 0 Å². The standard InChI is InChI=1S/C24H34N2O6.2ClH/c1-27-19-10-16(11-20(28-2)23(19)31-5)9-18-14-25-7-8-26(18)15-17-12-21(29-3)24(32-6)22(13-17)30-4;;/h10-13,18,25H,7-9,14-15H2,1-6H3;2*1H. The van der Waals surface area contributed by atoms with Gasteiger partial charge in [0.05, 0.1) is 42.7 Å². The lowest BCUT2D eigenvalue weighted by atomic mass is 10.0. The Labute approximate surface area is 214 Å². The van der Waals surface area contributed by atoms with Crippen LogP contribution in [0.4, 0.5) is 0 Å². The van der Waals surface area contributed by atoms with E-state index in [0.29, 0.717) is 40.5 Å². The van der Waals surface area contributed by atoms with Crippen LogP contribution >= 0.6 is 24.8 Å². The van der Waals surface area contributed by atoms with Gasteiger partial charge < -0.3 is 33.7 Å². The van der Waals surface area contributed by atoms with E-state index in [1.165, 1.54) is 0 Å². The van der Waals surface area contributed by atoms with Crippen molar-refractivity contribution in [3.05, 3.63) is 35.4 Å². The zero-order valence-electron chi connectivity index (χ0n) is 20.6. The third kappa shape index (κ3) is 6.66. The summed E-state index contributed by atoms with van der Waals surface area (Å²) < 4.78 is 33.0. The van der Waals surface area contributed by atoms with Crippen molar-refractivity contribution in [3.63, 3.8) is 0 Å². The summed E-state index contributed by atoms with van der Waals surface area (Å²) >= 11 is 0. The highest BCUT2D eigenvalue weighted by Crippen LogP contribution is 2.40. The molecule has 0 bridgehead atoms. The summed E-state index contributed by atoms with van der Waals surface area (Å²) in [6.07, 6.45) is 0.841. The average Bonchev–Trinajstić information content (AvgIpc) is 2.83. The second kappa shape index (κ2) is 14.2. The van der Waals surface area contributed by atoms with Crippen LogP contribution in [-0.4, -0.2) is 73.2 Å². The van der Waals surface area contributed by atoms with E-state index in [-0.39, 0.29) is 24.8 Å². The van der Waals surface area contributed by atoms with E-state index in [1.54, 1.807) is 42.7 Å². The summed E-state index contributed by atoms with van der Waals surface area (Å²) in [6.45, 7) is 3.54. The third-order valence-electron chi connectivity index (χ3n) is 5.78. The molecule has 2 aromatic rings. The summed E-state index contributed by atoms with van der Waals surface area (Å²) in [6, 6.07) is 8.37. The summed E-state index contributed by atoms with van der Waals surface area (Å²) in [5.74, 6) is 3.88. The predicted molar refractivity (Wildman–Crippen MR) is 137 cm³/mol. The first kappa shape index (κ1) is 29.8. The molecule has 8 nitrogen and oxygen atoms in total. The number of hydrogen-bond acceptors (Lipinski definition) is 8. The lowest BCUT2D eigenvalue weighted by Gasteiger charge is -2.36. The van der Waals surface area contributed by atoms with Gasteiger partial charge in [-0.25, -0.2) is 0 Å². The van der Waals surface area contributed by atoms with Gasteiger partial charge in [0.1, 0.15) is 0 Å². The quantitative estimate of drug-likeness (QED) is 0.511. The van der Waals surface area contributed by atoms with Gasteiger partial charge in [-0.15, -0.1) is 24.8 Å². The molecule has 1 heterocycles. The molecule has 1 fully saturated rings. The van der Waals surface area contributed by atoms with Gasteiger partial charge in [-0.3, -0.25) is 4.90 Å². The maximum atomic E-state index is 5.53. The van der Waals surface area contributed by atoms with Gasteiger partial charge in [-0.2, -0.15) is 0 Å². The molecular weight excluding hydrogens is 483 g/mol. The fourth-order valence-electron chi connectivity index (χ4n) is 4.20. The Bertz CT molecular complexity index is 792. The minimum Gasteiger partial charge on any atom is -0.493 e. The number of rotatable bonds is 10. The molecule has 0 amide bonds. The fourth-order valence-corrected chi connectivity index (χ4v) is 4.20. The summed E-state index contributed by atoms with van der Waals surface area (Å²) in [4.78, 5) is 2.47. The number of methoxy groups -OCH3 is 6. The summed E-state index contributed by atoms with van der Waals surface area (Å²) in [5, 5.41) is 3.52. The lowest BCUT2D eigenvalue weighted by molar-refractivity contribution is 0.151. The number of nitrogens with one attached hydrogen (secondary N) is 1. The van der Waals surface area contributed by atoms with E-state index in [1.807, 2.05) is 24.3 Å². The van der Waals surface area contributed by atoms with E-state index < -0.39 is 0 Å². The Morgan fingerprint density at radius 3 is 1.56 bits per heavy atom. The maximum Gasteiger partial charge on any atom is 0.203 e. The molecule has 10 heteroatoms. The first-order chi connectivity index (χ1) is 15.6. The minimum absolute atomic E-state index is 0. The Morgan fingerprint density at radius 2 is 1.15 bits per heavy atom. The molecule has 1 unspecified atom stereocenters. The summed E-state index contributed by atoms with van der Waals surface area (Å²) in [7, 11) is 9.78. The van der Waals surface area contributed by atoms with E-state index >= 15 is 0 Å². The third-order valence-corrected chi connectivity index (χ3v) is 5.78. The number of benzene rings is 2. The zero-order valence-corrected chi connectivity index (χ0v) is 22.3. The van der Waals surface area contributed by atoms with Gasteiger partial charge in [-0.1, -0.05) is 0 Å². The van der Waals surface area contributed by atoms with Crippen molar-refractivity contribution in [1.29, 1.82) is 0 Å². The molecular formula is C24H36Cl2N2O6. The Morgan fingerprint density at radius 1 is 0.706 bits per heavy atom. The van der Waals surface area contributed by atoms with Crippen LogP contribution in [0.25, 0.3) is 0 Å². The van der Waals surface area contributed by atoms with Crippen molar-refractivity contribution in [1.82, 2.24) is 10.2 Å². The predicted octanol–water partition coefficient (Wildman–Crippen LogP) is 3.60. The zero-order chi connectivity index (χ0) is 23.1. The Hall–Kier alpha value is -2.26. The molecule has 0 aliphatic carbocycles. The fraction of sp³-hybridized carbons (Fsp3) is 0.500. The van der Waals surface area contributed by atoms with E-state index in [2.05, 4.69) is 10.2 Å². The van der Waals surface area contributed by atoms with Crippen molar-refractivity contribution in [2.45, 2.75) is 19.0 Å². The van der Waals surface area contributed by atoms with E-state index in [0.717, 1.165) is 43.7 Å². The molecule has 3 rings (SSSR count). The molecule has 1 aliphatic rings. The van der Waals surface area contributed by atoms with E-state index in [9.17, 15) is 0 Å². The minimum atomic E-state index is 0. The molecule has 1 atom stereocenters. The van der Waals surface area contributed by atoms with Crippen LogP contribution in [0.2, 0.25) is 0 Å². The molecule has 0 saturated carbocycles. The van der Waals surface area contributed by atoms with Gasteiger partial charge in [0, 0.05) is 32.2 Å². The van der Waals surface area contributed by atoms with E-state index in [4.69, 9.17) is 28.4 Å². The summed E-state index contributed by atoms with van der Waals surface area (Å²) in [5.41, 5.74) is 2.24. The van der Waals surface area contributed by atoms with Crippen molar-refractivity contribution in [3.8, 4) is 34.5 Å². The van der Waals surface area contributed by atoms with Crippen LogP contribution in [0.1, 0.15) is 11.1 Å². The molecule has 0 spiro atoms. The molecule has 1 aliphatic heterocycles. The van der Waals surface area contributed by atoms with Crippen LogP contribution in [0, 0.1) is 0 Å². The highest BCUT2D eigenvalue weighted by Gasteiger charge is 2.25. The molecule has 34 heavy (non-hydrogen) atoms. The molecule has 0 aromatic heterocycles. The van der Waals surface area contributed by atoms with Gasteiger partial charge in [0.2, 0.25) is 11.5 Å². The highest BCUT2D eigenvalue weighted by atomic mass is 35.5. The molecule has 1 N–H and O–H groups in total. The van der Waals surface area contributed by atoms with Crippen molar-refractivity contribution >= 4 is 24.8 Å². The van der Waals surface area contributed by atoms with Crippen molar-refractivity contribution in [2.75, 3.05) is 62.3 Å². The monoisotopic (exact) mass is 518 g/mol. The molecule has 1 saturated heterocycles. The second-order valence-corrected chi connectivity index (χ2v) is 7.60. The van der Waals surface area contributed by atoms with Crippen LogP contribution in [0.5, 0.6) is 34.5 Å². The molecule has 0 radical (unpaired) electrons. The largest absolute Gasteiger partial charge is 0.493 e. The number of ether oxygens (including phenoxy) is 6. The van der Waals surface area contributed by atoms with Crippen molar-refractivity contribution < 1.29 is 28.4 Å².